The summed E-state index contributed by atoms with van der Waals surface area (Å²) in [6.45, 7) is 17.1. The largest absolute Gasteiger partial charge is 0.362 e. The number of aryl methyl sites for hydroxylation is 2. The Labute approximate surface area is 140 Å². The van der Waals surface area contributed by atoms with Crippen LogP contribution >= 0.6 is 11.8 Å². The zero-order valence-corrected chi connectivity index (χ0v) is 15.7. The summed E-state index contributed by atoms with van der Waals surface area (Å²) < 4.78 is 0. The van der Waals surface area contributed by atoms with Gasteiger partial charge >= 0.3 is 0 Å². The summed E-state index contributed by atoms with van der Waals surface area (Å²) >= 11 is 1.67. The maximum atomic E-state index is 5.79. The molecule has 1 aromatic rings. The van der Waals surface area contributed by atoms with E-state index >= 15 is 0 Å². The van der Waals surface area contributed by atoms with Gasteiger partial charge in [0.15, 0.2) is 0 Å². The molecule has 0 radical (unpaired) electrons. The van der Waals surface area contributed by atoms with Crippen LogP contribution in [0.1, 0.15) is 51.3 Å². The Hall–Kier alpha value is -1.19. The van der Waals surface area contributed by atoms with Gasteiger partial charge in [-0.05, 0) is 37.0 Å². The molecule has 0 aromatic heterocycles. The van der Waals surface area contributed by atoms with Gasteiger partial charge in [-0.2, -0.15) is 0 Å². The lowest BCUT2D eigenvalue weighted by atomic mass is 9.92. The Kier molecular flexibility index (Phi) is 6.76. The highest BCUT2D eigenvalue weighted by Crippen LogP contribution is 2.32. The van der Waals surface area contributed by atoms with E-state index in [1.165, 1.54) is 21.6 Å². The lowest BCUT2D eigenvalue weighted by molar-refractivity contribution is 0.477. The van der Waals surface area contributed by atoms with Gasteiger partial charge < -0.3 is 11.1 Å². The van der Waals surface area contributed by atoms with E-state index in [0.717, 1.165) is 17.8 Å². The summed E-state index contributed by atoms with van der Waals surface area (Å²) in [4.78, 5) is 1.19. The molecule has 2 nitrogen and oxygen atoms in total. The van der Waals surface area contributed by atoms with Crippen LogP contribution in [0.4, 0.5) is 0 Å². The third-order valence-corrected chi connectivity index (χ3v) is 4.79. The molecule has 122 valence electrons. The molecule has 0 atom stereocenters. The van der Waals surface area contributed by atoms with Crippen molar-refractivity contribution in [2.24, 2.45) is 11.1 Å². The van der Waals surface area contributed by atoms with E-state index in [1.54, 1.807) is 11.8 Å². The highest BCUT2D eigenvalue weighted by molar-refractivity contribution is 8.08. The molecule has 3 heteroatoms. The molecular formula is C19H30N2S. The fraction of sp³-hybridized carbons (Fsp3) is 0.474. The van der Waals surface area contributed by atoms with Gasteiger partial charge in [0.2, 0.25) is 0 Å². The van der Waals surface area contributed by atoms with E-state index in [0.29, 0.717) is 5.88 Å². The molecule has 0 aliphatic rings. The van der Waals surface area contributed by atoms with Crippen LogP contribution in [0, 0.1) is 12.3 Å². The van der Waals surface area contributed by atoms with Crippen LogP contribution in [-0.4, -0.2) is 5.88 Å². The van der Waals surface area contributed by atoms with Gasteiger partial charge in [0.25, 0.3) is 0 Å². The van der Waals surface area contributed by atoms with Crippen molar-refractivity contribution in [3.8, 4) is 0 Å². The SMILES string of the molecule is C=C(N/C(C)=C(\SCN)c1ccc(CC)c(C)c1)C(C)(C)C. The molecule has 1 aromatic carbocycles. The molecule has 0 aliphatic heterocycles. The van der Waals surface area contributed by atoms with Crippen LogP contribution in [0.5, 0.6) is 0 Å². The first-order chi connectivity index (χ1) is 10.2. The van der Waals surface area contributed by atoms with Crippen molar-refractivity contribution >= 4 is 16.7 Å². The molecule has 3 N–H and O–H groups in total. The average molecular weight is 319 g/mol. The van der Waals surface area contributed by atoms with Crippen LogP contribution in [0.2, 0.25) is 0 Å². The standard InChI is InChI=1S/C19H30N2S/c1-8-16-9-10-17(11-13(16)2)18(22-12-20)14(3)21-15(4)19(5,6)7/h9-11,21H,4,8,12,20H2,1-3,5-7H3/b18-14-. The Morgan fingerprint density at radius 3 is 2.41 bits per heavy atom. The predicted molar refractivity (Wildman–Crippen MR) is 102 cm³/mol. The number of hydrogen-bond donors (Lipinski definition) is 2. The second-order valence-corrected chi connectivity index (χ2v) is 7.64. The first-order valence-corrected chi connectivity index (χ1v) is 8.79. The van der Waals surface area contributed by atoms with Gasteiger partial charge in [0.1, 0.15) is 0 Å². The van der Waals surface area contributed by atoms with Crippen molar-refractivity contribution < 1.29 is 0 Å². The van der Waals surface area contributed by atoms with Gasteiger partial charge in [0.05, 0.1) is 0 Å². The predicted octanol–water partition coefficient (Wildman–Crippen LogP) is 5.04. The maximum absolute atomic E-state index is 5.79. The molecule has 0 heterocycles. The zero-order chi connectivity index (χ0) is 16.9. The Morgan fingerprint density at radius 1 is 1.32 bits per heavy atom. The van der Waals surface area contributed by atoms with Gasteiger partial charge in [-0.3, -0.25) is 0 Å². The Balaban J connectivity index is 3.18. The lowest BCUT2D eigenvalue weighted by Crippen LogP contribution is -2.22. The quantitative estimate of drug-likeness (QED) is 0.721. The maximum Gasteiger partial charge on any atom is 0.0441 e. The molecule has 0 fully saturated rings. The number of hydrogen-bond acceptors (Lipinski definition) is 3. The molecule has 0 unspecified atom stereocenters. The average Bonchev–Trinajstić information content (AvgIpc) is 2.43. The number of allylic oxidation sites excluding steroid dienone is 2. The number of nitrogens with one attached hydrogen (secondary N) is 1. The second kappa shape index (κ2) is 7.89. The highest BCUT2D eigenvalue weighted by atomic mass is 32.2. The monoisotopic (exact) mass is 318 g/mol. The summed E-state index contributed by atoms with van der Waals surface area (Å²) in [5.74, 6) is 0.560. The first kappa shape index (κ1) is 18.9. The lowest BCUT2D eigenvalue weighted by Gasteiger charge is -2.25. The Bertz CT molecular complexity index is 565. The fourth-order valence-electron chi connectivity index (χ4n) is 2.20. The third-order valence-electron chi connectivity index (χ3n) is 3.80. The van der Waals surface area contributed by atoms with Crippen molar-refractivity contribution in [3.63, 3.8) is 0 Å². The topological polar surface area (TPSA) is 38.0 Å². The van der Waals surface area contributed by atoms with E-state index < -0.39 is 0 Å². The normalized spacial score (nSPS) is 12.9. The molecule has 1 rings (SSSR count). The number of thioether (sulfide) groups is 1. The van der Waals surface area contributed by atoms with Crippen molar-refractivity contribution in [3.05, 3.63) is 52.9 Å². The zero-order valence-electron chi connectivity index (χ0n) is 14.8. The number of rotatable bonds is 6. The molecule has 0 amide bonds. The van der Waals surface area contributed by atoms with Gasteiger partial charge in [-0.1, -0.05) is 52.5 Å². The number of benzene rings is 1. The minimum Gasteiger partial charge on any atom is -0.362 e. The van der Waals surface area contributed by atoms with Crippen LogP contribution in [-0.2, 0) is 6.42 Å². The molecule has 0 spiro atoms. The van der Waals surface area contributed by atoms with E-state index in [1.807, 2.05) is 0 Å². The molecular weight excluding hydrogens is 288 g/mol. The molecule has 0 bridgehead atoms. The number of nitrogens with two attached hydrogens (primary N) is 1. The van der Waals surface area contributed by atoms with Crippen molar-refractivity contribution in [1.82, 2.24) is 5.32 Å². The Morgan fingerprint density at radius 2 is 1.95 bits per heavy atom. The van der Waals surface area contributed by atoms with Crippen LogP contribution in [0.25, 0.3) is 4.91 Å². The minimum absolute atomic E-state index is 0.0295. The molecule has 0 aliphatic carbocycles. The summed E-state index contributed by atoms with van der Waals surface area (Å²) in [5, 5.41) is 3.46. The van der Waals surface area contributed by atoms with E-state index in [9.17, 15) is 0 Å². The fourth-order valence-corrected chi connectivity index (χ4v) is 2.92. The van der Waals surface area contributed by atoms with Gasteiger partial charge in [-0.25, -0.2) is 0 Å². The second-order valence-electron chi connectivity index (χ2n) is 6.61. The minimum atomic E-state index is 0.0295. The van der Waals surface area contributed by atoms with Gasteiger partial charge in [-0.15, -0.1) is 11.8 Å². The van der Waals surface area contributed by atoms with E-state index in [4.69, 9.17) is 5.73 Å². The van der Waals surface area contributed by atoms with Crippen LogP contribution < -0.4 is 11.1 Å². The molecule has 0 saturated heterocycles. The van der Waals surface area contributed by atoms with E-state index in [-0.39, 0.29) is 5.41 Å². The summed E-state index contributed by atoms with van der Waals surface area (Å²) in [6, 6.07) is 6.66. The van der Waals surface area contributed by atoms with Gasteiger partial charge in [0, 0.05) is 27.6 Å². The highest BCUT2D eigenvalue weighted by Gasteiger charge is 2.16. The van der Waals surface area contributed by atoms with Crippen molar-refractivity contribution in [2.45, 2.75) is 48.0 Å². The summed E-state index contributed by atoms with van der Waals surface area (Å²) in [5.41, 5.74) is 11.9. The van der Waals surface area contributed by atoms with Crippen LogP contribution in [0.15, 0.2) is 36.2 Å². The first-order valence-electron chi connectivity index (χ1n) is 7.80. The molecule has 0 saturated carbocycles. The van der Waals surface area contributed by atoms with Crippen molar-refractivity contribution in [2.75, 3.05) is 5.88 Å². The third kappa shape index (κ3) is 4.92. The van der Waals surface area contributed by atoms with Crippen LogP contribution in [0.3, 0.4) is 0 Å². The summed E-state index contributed by atoms with van der Waals surface area (Å²) in [7, 11) is 0. The summed E-state index contributed by atoms with van der Waals surface area (Å²) in [6.07, 6.45) is 1.06. The van der Waals surface area contributed by atoms with Crippen molar-refractivity contribution in [1.29, 1.82) is 0 Å². The molecule has 22 heavy (non-hydrogen) atoms. The van der Waals surface area contributed by atoms with E-state index in [2.05, 4.69) is 71.6 Å². The smallest absolute Gasteiger partial charge is 0.0441 e.